The lowest BCUT2D eigenvalue weighted by Gasteiger charge is -2.14. The molecular weight excluding hydrogens is 362 g/mol. The van der Waals surface area contributed by atoms with Crippen LogP contribution >= 0.6 is 0 Å². The first-order valence-corrected chi connectivity index (χ1v) is 7.83. The predicted octanol–water partition coefficient (Wildman–Crippen LogP) is 2.96. The molecule has 0 unspecified atom stereocenters. The molecule has 1 aliphatic rings. The molecule has 2 amide bonds. The van der Waals surface area contributed by atoms with E-state index in [-0.39, 0.29) is 18.0 Å². The van der Waals surface area contributed by atoms with E-state index in [9.17, 15) is 23.2 Å². The maximum Gasteiger partial charge on any atom is 0.411 e. The van der Waals surface area contributed by atoms with E-state index in [1.165, 1.54) is 6.07 Å². The molecule has 0 fully saturated rings. The van der Waals surface area contributed by atoms with Gasteiger partial charge in [-0.05, 0) is 23.8 Å². The van der Waals surface area contributed by atoms with Crippen molar-refractivity contribution in [3.8, 4) is 0 Å². The van der Waals surface area contributed by atoms with E-state index in [0.717, 1.165) is 17.7 Å². The molecule has 0 saturated heterocycles. The topological polar surface area (TPSA) is 95.9 Å². The summed E-state index contributed by atoms with van der Waals surface area (Å²) in [7, 11) is 0. The van der Waals surface area contributed by atoms with Gasteiger partial charge in [-0.25, -0.2) is 4.79 Å². The molecule has 7 nitrogen and oxygen atoms in total. The lowest BCUT2D eigenvalue weighted by Crippen LogP contribution is -2.37. The first-order valence-electron chi connectivity index (χ1n) is 7.83. The van der Waals surface area contributed by atoms with Crippen LogP contribution in [0.3, 0.4) is 0 Å². The normalized spacial score (nSPS) is 14.6. The van der Waals surface area contributed by atoms with Crippen LogP contribution in [-0.4, -0.2) is 29.6 Å². The third-order valence-electron chi connectivity index (χ3n) is 3.89. The number of alkyl halides is 2. The minimum Gasteiger partial charge on any atom is -0.480 e. The number of ether oxygens (including phenoxy) is 1. The minimum atomic E-state index is -3.88. The molecule has 2 aromatic rings. The fourth-order valence-electron chi connectivity index (χ4n) is 2.66. The summed E-state index contributed by atoms with van der Waals surface area (Å²) in [4.78, 5) is 35.0. The van der Waals surface area contributed by atoms with Crippen LogP contribution in [0.4, 0.5) is 25.0 Å². The molecule has 2 aromatic carbocycles. The van der Waals surface area contributed by atoms with Crippen molar-refractivity contribution < 1.29 is 33.0 Å². The Morgan fingerprint density at radius 1 is 1.15 bits per heavy atom. The number of hydrogen-bond donors (Lipinski definition) is 2. The number of halogens is 2. The number of carboxylic acids is 1. The zero-order valence-corrected chi connectivity index (χ0v) is 13.8. The number of amides is 2. The number of anilines is 2. The number of nitrogens with zero attached hydrogens (tertiary/aromatic N) is 1. The summed E-state index contributed by atoms with van der Waals surface area (Å²) < 4.78 is 33.4. The van der Waals surface area contributed by atoms with Crippen molar-refractivity contribution in [2.75, 3.05) is 16.8 Å². The highest BCUT2D eigenvalue weighted by atomic mass is 19.3. The predicted molar refractivity (Wildman–Crippen MR) is 90.6 cm³/mol. The second-order valence-corrected chi connectivity index (χ2v) is 5.78. The number of carbonyl (C=O) groups is 3. The summed E-state index contributed by atoms with van der Waals surface area (Å²) >= 11 is 0. The SMILES string of the molecule is O=C(O)CN1C(=O)C(F)(F)c2cc(NC(=O)OCc3ccccc3)ccc21. The summed E-state index contributed by atoms with van der Waals surface area (Å²) in [6.45, 7) is -0.883. The van der Waals surface area contributed by atoms with Crippen LogP contribution in [0.2, 0.25) is 0 Å². The molecule has 0 spiro atoms. The summed E-state index contributed by atoms with van der Waals surface area (Å²) in [5, 5.41) is 11.1. The largest absolute Gasteiger partial charge is 0.480 e. The quantitative estimate of drug-likeness (QED) is 0.836. The van der Waals surface area contributed by atoms with Gasteiger partial charge in [0.15, 0.2) is 0 Å². The van der Waals surface area contributed by atoms with Gasteiger partial charge < -0.3 is 9.84 Å². The lowest BCUT2D eigenvalue weighted by molar-refractivity contribution is -0.144. The first-order chi connectivity index (χ1) is 12.8. The number of rotatable bonds is 5. The van der Waals surface area contributed by atoms with Crippen LogP contribution in [-0.2, 0) is 26.9 Å². The molecule has 0 aromatic heterocycles. The Morgan fingerprint density at radius 2 is 1.85 bits per heavy atom. The molecule has 2 N–H and O–H groups in total. The van der Waals surface area contributed by atoms with Gasteiger partial charge in [-0.15, -0.1) is 0 Å². The molecule has 1 aliphatic heterocycles. The van der Waals surface area contributed by atoms with Crippen LogP contribution in [0.5, 0.6) is 0 Å². The smallest absolute Gasteiger partial charge is 0.411 e. The van der Waals surface area contributed by atoms with Gasteiger partial charge in [-0.2, -0.15) is 8.78 Å². The molecule has 0 radical (unpaired) electrons. The third-order valence-corrected chi connectivity index (χ3v) is 3.89. The molecule has 1 heterocycles. The Bertz CT molecular complexity index is 902. The van der Waals surface area contributed by atoms with Gasteiger partial charge >= 0.3 is 23.9 Å². The Kier molecular flexibility index (Phi) is 4.76. The van der Waals surface area contributed by atoms with Crippen LogP contribution in [0.25, 0.3) is 0 Å². The van der Waals surface area contributed by atoms with Crippen molar-refractivity contribution in [2.45, 2.75) is 12.5 Å². The van der Waals surface area contributed by atoms with Gasteiger partial charge in [0, 0.05) is 5.69 Å². The van der Waals surface area contributed by atoms with Crippen molar-refractivity contribution in [3.63, 3.8) is 0 Å². The lowest BCUT2D eigenvalue weighted by atomic mass is 10.1. The molecule has 27 heavy (non-hydrogen) atoms. The fraction of sp³-hybridized carbons (Fsp3) is 0.167. The van der Waals surface area contributed by atoms with E-state index in [0.29, 0.717) is 4.90 Å². The molecule has 0 saturated carbocycles. The number of benzene rings is 2. The number of carbonyl (C=O) groups excluding carboxylic acids is 2. The standard InChI is InChI=1S/C18H14F2N2O5/c19-18(20)13-8-12(6-7-14(13)22(16(18)25)9-15(23)24)21-17(26)27-10-11-4-2-1-3-5-11/h1-8H,9-10H2,(H,21,26)(H,23,24). The van der Waals surface area contributed by atoms with E-state index in [1.807, 2.05) is 6.07 Å². The van der Waals surface area contributed by atoms with Gasteiger partial charge in [0.05, 0.1) is 11.3 Å². The van der Waals surface area contributed by atoms with Gasteiger partial charge in [0.25, 0.3) is 0 Å². The van der Waals surface area contributed by atoms with Gasteiger partial charge in [0.2, 0.25) is 0 Å². The van der Waals surface area contributed by atoms with Gasteiger partial charge in [-0.1, -0.05) is 30.3 Å². The Morgan fingerprint density at radius 3 is 2.52 bits per heavy atom. The highest BCUT2D eigenvalue weighted by molar-refractivity contribution is 6.08. The average molecular weight is 376 g/mol. The maximum absolute atomic E-state index is 14.2. The Labute approximate surface area is 152 Å². The molecule has 0 aliphatic carbocycles. The van der Waals surface area contributed by atoms with Crippen LogP contribution in [0.15, 0.2) is 48.5 Å². The van der Waals surface area contributed by atoms with Crippen LogP contribution in [0, 0.1) is 0 Å². The first kappa shape index (κ1) is 18.3. The maximum atomic E-state index is 14.2. The zero-order valence-electron chi connectivity index (χ0n) is 13.8. The summed E-state index contributed by atoms with van der Waals surface area (Å²) in [6.07, 6.45) is -0.853. The van der Waals surface area contributed by atoms with E-state index in [2.05, 4.69) is 5.32 Å². The van der Waals surface area contributed by atoms with E-state index >= 15 is 0 Å². The number of hydrogen-bond acceptors (Lipinski definition) is 4. The molecule has 3 rings (SSSR count). The number of nitrogens with one attached hydrogen (secondary N) is 1. The highest BCUT2D eigenvalue weighted by Gasteiger charge is 2.53. The molecule has 0 bridgehead atoms. The molecule has 9 heteroatoms. The molecular formula is C18H14F2N2O5. The monoisotopic (exact) mass is 376 g/mol. The fourth-order valence-corrected chi connectivity index (χ4v) is 2.66. The van der Waals surface area contributed by atoms with Crippen molar-refractivity contribution in [3.05, 3.63) is 59.7 Å². The van der Waals surface area contributed by atoms with E-state index in [4.69, 9.17) is 9.84 Å². The van der Waals surface area contributed by atoms with Crippen molar-refractivity contribution in [1.29, 1.82) is 0 Å². The van der Waals surface area contributed by atoms with Crippen molar-refractivity contribution in [2.24, 2.45) is 0 Å². The van der Waals surface area contributed by atoms with Gasteiger partial charge in [0.1, 0.15) is 13.2 Å². The Hall–Kier alpha value is -3.49. The van der Waals surface area contributed by atoms with E-state index < -0.39 is 36.0 Å². The van der Waals surface area contributed by atoms with Crippen molar-refractivity contribution >= 4 is 29.3 Å². The second-order valence-electron chi connectivity index (χ2n) is 5.78. The van der Waals surface area contributed by atoms with Crippen molar-refractivity contribution in [1.82, 2.24) is 0 Å². The average Bonchev–Trinajstić information content (AvgIpc) is 2.81. The Balaban J connectivity index is 1.74. The molecule has 0 atom stereocenters. The minimum absolute atomic E-state index is 0.00134. The number of carboxylic acid groups (broad SMARTS) is 1. The number of aliphatic carboxylic acids is 1. The van der Waals surface area contributed by atoms with Gasteiger partial charge in [-0.3, -0.25) is 19.8 Å². The highest BCUT2D eigenvalue weighted by Crippen LogP contribution is 2.45. The summed E-state index contributed by atoms with van der Waals surface area (Å²) in [5.74, 6) is -6.92. The summed E-state index contributed by atoms with van der Waals surface area (Å²) in [6, 6.07) is 12.2. The number of fused-ring (bicyclic) bond motifs is 1. The zero-order chi connectivity index (χ0) is 19.6. The van der Waals surface area contributed by atoms with Crippen LogP contribution < -0.4 is 10.2 Å². The third kappa shape index (κ3) is 3.71. The molecule has 140 valence electrons. The summed E-state index contributed by atoms with van der Waals surface area (Å²) in [5.41, 5.74) is -0.135. The second kappa shape index (κ2) is 7.02. The van der Waals surface area contributed by atoms with Crippen LogP contribution in [0.1, 0.15) is 11.1 Å². The van der Waals surface area contributed by atoms with E-state index in [1.54, 1.807) is 24.3 Å².